The summed E-state index contributed by atoms with van der Waals surface area (Å²) in [4.78, 5) is 55.9. The van der Waals surface area contributed by atoms with Crippen molar-refractivity contribution in [2.75, 3.05) is 71.1 Å². The van der Waals surface area contributed by atoms with Crippen LogP contribution in [0.3, 0.4) is 0 Å². The summed E-state index contributed by atoms with van der Waals surface area (Å²) in [6, 6.07) is 17.2. The fourth-order valence-corrected chi connectivity index (χ4v) is 7.13. The van der Waals surface area contributed by atoms with Gasteiger partial charge in [0.2, 0.25) is 14.4 Å². The van der Waals surface area contributed by atoms with E-state index in [4.69, 9.17) is 23.9 Å². The molecule has 1 N–H and O–H groups in total. The molecule has 3 amide bonds. The molecule has 15 heteroatoms. The molecule has 5 rings (SSSR count). The Bertz CT molecular complexity index is 1700. The number of anilines is 1. The van der Waals surface area contributed by atoms with E-state index in [0.29, 0.717) is 50.0 Å². The first-order valence-corrected chi connectivity index (χ1v) is 19.5. The molecule has 0 spiro atoms. The number of carbonyl (C=O) groups is 3. The number of piperazine rings is 1. The molecule has 14 nitrogen and oxygen atoms in total. The normalized spacial score (nSPS) is 16.7. The van der Waals surface area contributed by atoms with Crippen LogP contribution in [0.4, 0.5) is 10.6 Å². The largest absolute Gasteiger partial charge is 0.449 e. The third-order valence-corrected chi connectivity index (χ3v) is 10.3. The van der Waals surface area contributed by atoms with E-state index in [2.05, 4.69) is 15.2 Å². The van der Waals surface area contributed by atoms with Crippen molar-refractivity contribution in [2.24, 2.45) is 0 Å². The van der Waals surface area contributed by atoms with E-state index in [0.717, 1.165) is 30.4 Å². The maximum absolute atomic E-state index is 14.3. The van der Waals surface area contributed by atoms with E-state index < -0.39 is 23.6 Å². The van der Waals surface area contributed by atoms with Crippen LogP contribution < -0.4 is 10.2 Å². The van der Waals surface area contributed by atoms with Crippen molar-refractivity contribution in [3.63, 3.8) is 0 Å². The lowest BCUT2D eigenvalue weighted by Crippen LogP contribution is -2.56. The first-order valence-electron chi connectivity index (χ1n) is 18.7. The van der Waals surface area contributed by atoms with E-state index in [1.165, 1.54) is 0 Å². The fourth-order valence-electron chi connectivity index (χ4n) is 6.51. The van der Waals surface area contributed by atoms with Gasteiger partial charge in [-0.1, -0.05) is 67.9 Å². The van der Waals surface area contributed by atoms with Crippen LogP contribution in [0.5, 0.6) is 0 Å². The van der Waals surface area contributed by atoms with Gasteiger partial charge in [0.1, 0.15) is 17.6 Å². The Labute approximate surface area is 318 Å². The average molecular weight is 763 g/mol. The molecule has 3 heterocycles. The van der Waals surface area contributed by atoms with E-state index in [1.807, 2.05) is 37.3 Å². The molecular weight excluding hydrogens is 711 g/mol. The lowest BCUT2D eigenvalue weighted by molar-refractivity contribution is -0.176. The van der Waals surface area contributed by atoms with Crippen LogP contribution in [0.2, 0.25) is 0 Å². The maximum atomic E-state index is 14.3. The molecule has 0 bridgehead atoms. The van der Waals surface area contributed by atoms with Crippen molar-refractivity contribution < 1.29 is 37.9 Å². The highest BCUT2D eigenvalue weighted by Gasteiger charge is 2.36. The van der Waals surface area contributed by atoms with Gasteiger partial charge in [0, 0.05) is 83.2 Å². The van der Waals surface area contributed by atoms with Crippen LogP contribution >= 0.6 is 8.46 Å². The Morgan fingerprint density at radius 2 is 1.61 bits per heavy atom. The second-order valence-corrected chi connectivity index (χ2v) is 13.9. The number of amides is 3. The number of nitrogens with one attached hydrogen (secondary N) is 1. The second kappa shape index (κ2) is 19.7. The number of rotatable bonds is 17. The van der Waals surface area contributed by atoms with Crippen molar-refractivity contribution in [3.05, 3.63) is 77.5 Å². The molecule has 54 heavy (non-hydrogen) atoms. The smallest absolute Gasteiger partial charge is 0.409 e. The predicted molar refractivity (Wildman–Crippen MR) is 203 cm³/mol. The molecule has 2 saturated heterocycles. The van der Waals surface area contributed by atoms with Crippen LogP contribution in [-0.2, 0) is 40.3 Å². The molecule has 0 aliphatic carbocycles. The van der Waals surface area contributed by atoms with Gasteiger partial charge in [-0.05, 0) is 32.3 Å². The summed E-state index contributed by atoms with van der Waals surface area (Å²) in [7, 11) is 1.34. The number of nitrogens with zero attached hydrogens (tertiary/aromatic N) is 5. The summed E-state index contributed by atoms with van der Waals surface area (Å²) in [5.74, 6) is 0.175. The number of unbranched alkanes of at least 4 members (excludes halogenated alkanes) is 1. The van der Waals surface area contributed by atoms with Gasteiger partial charge in [-0.3, -0.25) is 14.2 Å². The van der Waals surface area contributed by atoms with Gasteiger partial charge in [0.15, 0.2) is 5.82 Å². The zero-order chi connectivity index (χ0) is 38.5. The molecule has 0 saturated carbocycles. The summed E-state index contributed by atoms with van der Waals surface area (Å²) in [5, 5.41) is 2.99. The summed E-state index contributed by atoms with van der Waals surface area (Å²) < 4.78 is 34.8. The van der Waals surface area contributed by atoms with Crippen LogP contribution in [0.25, 0.3) is 11.4 Å². The van der Waals surface area contributed by atoms with Gasteiger partial charge in [0.05, 0.1) is 12.7 Å². The standard InChI is InChI=1S/C39H51N6O8P/c1-5-8-24-51-38(48)44-22-20-43(21-23-44)37(47)33(25-28-14-16-30(17-15-28)39(54-49,52-6-2)53-7-3)41-36(46)32-26-34(45-19-18-31(27-45)50-4)42-35(40-32)29-12-10-9-11-13-29/h9-17,26,31,33H,5-8,18-25,27H2,1-4H3,(H,41,46)/t31-,33-/m0/s1. The van der Waals surface area contributed by atoms with Crippen molar-refractivity contribution >= 4 is 32.2 Å². The minimum Gasteiger partial charge on any atom is -0.449 e. The fraction of sp³-hybridized carbons (Fsp3) is 0.513. The second-order valence-electron chi connectivity index (χ2n) is 13.1. The molecule has 1 aromatic heterocycles. The highest BCUT2D eigenvalue weighted by Crippen LogP contribution is 2.38. The number of hydrogen-bond acceptors (Lipinski definition) is 11. The SMILES string of the molecule is CCCCOC(=O)N1CCN(C(=O)[C@H](Cc2ccc(C(OCC)(OCC)P=O)cc2)NC(=O)c2cc(N3CC[C@H](OC)C3)nc(-c3ccccc3)n2)CC1. The van der Waals surface area contributed by atoms with Gasteiger partial charge < -0.3 is 39.0 Å². The first kappa shape index (κ1) is 40.7. The highest BCUT2D eigenvalue weighted by atomic mass is 31.1. The van der Waals surface area contributed by atoms with Gasteiger partial charge >= 0.3 is 6.09 Å². The lowest BCUT2D eigenvalue weighted by Gasteiger charge is -2.36. The summed E-state index contributed by atoms with van der Waals surface area (Å²) in [6.45, 7) is 9.06. The number of aromatic nitrogens is 2. The Morgan fingerprint density at radius 1 is 0.926 bits per heavy atom. The molecule has 290 valence electrons. The monoisotopic (exact) mass is 762 g/mol. The van der Waals surface area contributed by atoms with Gasteiger partial charge in [-0.2, -0.15) is 0 Å². The Balaban J connectivity index is 1.41. The van der Waals surface area contributed by atoms with Gasteiger partial charge in [-0.25, -0.2) is 14.8 Å². The minimum atomic E-state index is -1.46. The lowest BCUT2D eigenvalue weighted by atomic mass is 10.0. The predicted octanol–water partition coefficient (Wildman–Crippen LogP) is 5.27. The summed E-state index contributed by atoms with van der Waals surface area (Å²) in [6.07, 6.45) is 2.34. The quantitative estimate of drug-likeness (QED) is 0.109. The summed E-state index contributed by atoms with van der Waals surface area (Å²) in [5.41, 5.74) is 0.724. The molecule has 2 atom stereocenters. The van der Waals surface area contributed by atoms with Crippen molar-refractivity contribution in [1.82, 2.24) is 25.1 Å². The van der Waals surface area contributed by atoms with Crippen molar-refractivity contribution in [2.45, 2.75) is 64.1 Å². The number of hydrogen-bond donors (Lipinski definition) is 1. The molecule has 2 aromatic carbocycles. The van der Waals surface area contributed by atoms with E-state index in [9.17, 15) is 18.9 Å². The number of ether oxygens (including phenoxy) is 4. The first-order chi connectivity index (χ1) is 26.2. The Morgan fingerprint density at radius 3 is 2.22 bits per heavy atom. The number of methoxy groups -OCH3 is 1. The van der Waals surface area contributed by atoms with Gasteiger partial charge in [-0.15, -0.1) is 0 Å². The Kier molecular flexibility index (Phi) is 14.9. The van der Waals surface area contributed by atoms with E-state index in [-0.39, 0.29) is 58.9 Å². The average Bonchev–Trinajstić information content (AvgIpc) is 3.70. The van der Waals surface area contributed by atoms with Crippen molar-refractivity contribution in [1.29, 1.82) is 0 Å². The third kappa shape index (κ3) is 10.2. The topological polar surface area (TPSA) is 153 Å². The summed E-state index contributed by atoms with van der Waals surface area (Å²) >= 11 is 0. The molecule has 0 radical (unpaired) electrons. The Hall–Kier alpha value is -4.49. The zero-order valence-electron chi connectivity index (χ0n) is 31.6. The zero-order valence-corrected chi connectivity index (χ0v) is 32.5. The molecule has 3 aromatic rings. The van der Waals surface area contributed by atoms with E-state index >= 15 is 0 Å². The van der Waals surface area contributed by atoms with Crippen molar-refractivity contribution in [3.8, 4) is 11.4 Å². The van der Waals surface area contributed by atoms with Gasteiger partial charge in [0.25, 0.3) is 11.4 Å². The highest BCUT2D eigenvalue weighted by molar-refractivity contribution is 7.24. The third-order valence-electron chi connectivity index (χ3n) is 9.51. The molecule has 2 aliphatic heterocycles. The molecule has 2 fully saturated rings. The van der Waals surface area contributed by atoms with Crippen LogP contribution in [-0.4, -0.2) is 116 Å². The van der Waals surface area contributed by atoms with Crippen LogP contribution in [0.15, 0.2) is 60.7 Å². The maximum Gasteiger partial charge on any atom is 0.409 e. The van der Waals surface area contributed by atoms with E-state index in [1.54, 1.807) is 61.1 Å². The molecule has 2 aliphatic rings. The number of carbonyl (C=O) groups excluding carboxylic acids is 3. The number of benzene rings is 2. The molecule has 0 unspecified atom stereocenters. The van der Waals surface area contributed by atoms with Crippen LogP contribution in [0, 0.1) is 0 Å². The minimum absolute atomic E-state index is 0.0462. The van der Waals surface area contributed by atoms with Crippen LogP contribution in [0.1, 0.15) is 61.6 Å². The molecular formula is C39H51N6O8P.